The van der Waals surface area contributed by atoms with Crippen LogP contribution in [0.5, 0.6) is 0 Å². The average molecular weight is 673 g/mol. The number of imide groups is 1. The number of hydrogen-bond acceptors (Lipinski definition) is 5. The van der Waals surface area contributed by atoms with E-state index in [2.05, 4.69) is 0 Å². The summed E-state index contributed by atoms with van der Waals surface area (Å²) in [5.41, 5.74) is 3.44. The zero-order chi connectivity index (χ0) is 31.2. The summed E-state index contributed by atoms with van der Waals surface area (Å²) in [5.74, 6) is -3.00. The molecule has 2 amide bonds. The first-order chi connectivity index (χ1) is 21.1. The molecule has 1 fully saturated rings. The zero-order valence-corrected chi connectivity index (χ0v) is 26.6. The summed E-state index contributed by atoms with van der Waals surface area (Å²) in [5, 5.41) is 0.496. The van der Waals surface area contributed by atoms with Crippen LogP contribution in [-0.2, 0) is 28.9 Å². The predicted octanol–water partition coefficient (Wildman–Crippen LogP) is 7.22. The van der Waals surface area contributed by atoms with E-state index in [1.54, 1.807) is 24.3 Å². The molecule has 228 valence electrons. The maximum atomic E-state index is 13.9. The van der Waals surface area contributed by atoms with Gasteiger partial charge in [0.1, 0.15) is 9.75 Å². The summed E-state index contributed by atoms with van der Waals surface area (Å²) in [7, 11) is 0. The minimum absolute atomic E-state index is 0.0834. The number of carbonyl (C=O) groups excluding carboxylic acids is 4. The lowest BCUT2D eigenvalue weighted by Gasteiger charge is -2.54. The van der Waals surface area contributed by atoms with Crippen LogP contribution in [0.15, 0.2) is 72.8 Å². The molecule has 3 aromatic carbocycles. The van der Waals surface area contributed by atoms with Gasteiger partial charge in [0.25, 0.3) is 0 Å². The fraction of sp³-hybridized carbons (Fsp3) is 0.353. The normalized spacial score (nSPS) is 25.3. The summed E-state index contributed by atoms with van der Waals surface area (Å²) < 4.78 is 5.48. The minimum Gasteiger partial charge on any atom is -0.454 e. The Hall–Kier alpha value is -2.90. The number of carbonyl (C=O) groups is 4. The van der Waals surface area contributed by atoms with Crippen LogP contribution in [-0.4, -0.2) is 47.0 Å². The van der Waals surface area contributed by atoms with E-state index in [-0.39, 0.29) is 42.9 Å². The van der Waals surface area contributed by atoms with Gasteiger partial charge in [0.05, 0.1) is 11.8 Å². The van der Waals surface area contributed by atoms with Crippen molar-refractivity contribution in [2.75, 3.05) is 12.4 Å². The molecule has 3 aliphatic carbocycles. The number of ketones is 1. The number of benzene rings is 3. The molecule has 10 heteroatoms. The van der Waals surface area contributed by atoms with Gasteiger partial charge in [0.15, 0.2) is 6.10 Å². The van der Waals surface area contributed by atoms with Crippen molar-refractivity contribution in [3.05, 3.63) is 106 Å². The molecule has 2 bridgehead atoms. The Morgan fingerprint density at radius 2 is 1.27 bits per heavy atom. The van der Waals surface area contributed by atoms with Gasteiger partial charge in [-0.1, -0.05) is 66.6 Å². The number of rotatable bonds is 11. The van der Waals surface area contributed by atoms with Crippen molar-refractivity contribution in [1.82, 2.24) is 4.90 Å². The third kappa shape index (κ3) is 4.86. The Bertz CT molecular complexity index is 1520. The Morgan fingerprint density at radius 3 is 1.75 bits per heavy atom. The topological polar surface area (TPSA) is 80.8 Å². The van der Waals surface area contributed by atoms with E-state index in [9.17, 15) is 19.2 Å². The van der Waals surface area contributed by atoms with Crippen molar-refractivity contribution in [1.29, 1.82) is 0 Å². The second-order valence-electron chi connectivity index (χ2n) is 11.4. The van der Waals surface area contributed by atoms with Crippen molar-refractivity contribution in [3.8, 4) is 0 Å². The zero-order valence-electron chi connectivity index (χ0n) is 23.6. The molecule has 3 atom stereocenters. The van der Waals surface area contributed by atoms with Crippen molar-refractivity contribution >= 4 is 70.0 Å². The molecule has 4 aliphatic rings. The molecule has 0 aromatic heterocycles. The van der Waals surface area contributed by atoms with Gasteiger partial charge >= 0.3 is 5.97 Å². The van der Waals surface area contributed by atoms with Crippen molar-refractivity contribution in [3.63, 3.8) is 0 Å². The first-order valence-corrected chi connectivity index (χ1v) is 16.3. The third-order valence-corrected chi connectivity index (χ3v) is 10.8. The van der Waals surface area contributed by atoms with Gasteiger partial charge < -0.3 is 4.74 Å². The molecule has 1 aliphatic heterocycles. The molecule has 1 saturated heterocycles. The van der Waals surface area contributed by atoms with E-state index >= 15 is 0 Å². The van der Waals surface area contributed by atoms with Gasteiger partial charge in [0.2, 0.25) is 17.6 Å². The number of alkyl halides is 3. The van der Waals surface area contributed by atoms with Gasteiger partial charge in [-0.15, -0.1) is 34.8 Å². The third-order valence-electron chi connectivity index (χ3n) is 9.01. The minimum atomic E-state index is -1.21. The first-order valence-electron chi connectivity index (χ1n) is 14.6. The number of ether oxygens (including phenoxy) is 1. The van der Waals surface area contributed by atoms with Crippen molar-refractivity contribution < 1.29 is 23.9 Å². The lowest BCUT2D eigenvalue weighted by molar-refractivity contribution is -0.147. The Balaban J connectivity index is 1.09. The maximum absolute atomic E-state index is 13.9. The standard InChI is InChI=1S/C34H29Cl4NO5/c35-18-17-26(30(41)20-13-15-21(36)16-14-20)44-27(40)12-2-1-7-19-39-31(42)28-29(32(39)43)34(38)23-9-4-3-8-22(23)33(28,37)24-10-5-6-11-25(24)34/h3-6,8-11,13-16,26,28-29H,1-2,7,12,17-19H2/t26-,28-,29+,33?,34?/m1/s1. The summed E-state index contributed by atoms with van der Waals surface area (Å²) in [6.07, 6.45) is 0.794. The van der Waals surface area contributed by atoms with Gasteiger partial charge in [0, 0.05) is 35.9 Å². The fourth-order valence-corrected chi connectivity index (χ4v) is 8.44. The largest absolute Gasteiger partial charge is 0.454 e. The lowest BCUT2D eigenvalue weighted by atomic mass is 9.54. The van der Waals surface area contributed by atoms with E-state index in [0.29, 0.717) is 29.8 Å². The molecule has 0 spiro atoms. The van der Waals surface area contributed by atoms with Crippen molar-refractivity contribution in [2.45, 2.75) is 48.0 Å². The summed E-state index contributed by atoms with van der Waals surface area (Å²) >= 11 is 26.7. The molecule has 1 heterocycles. The summed E-state index contributed by atoms with van der Waals surface area (Å²) in [6, 6.07) is 21.4. The Morgan fingerprint density at radius 1 is 0.773 bits per heavy atom. The van der Waals surface area contributed by atoms with Crippen LogP contribution in [0.1, 0.15) is 64.7 Å². The van der Waals surface area contributed by atoms with E-state index < -0.39 is 33.7 Å². The number of hydrogen-bond donors (Lipinski definition) is 0. The molecule has 7 rings (SSSR count). The molecule has 44 heavy (non-hydrogen) atoms. The van der Waals surface area contributed by atoms with Crippen LogP contribution in [0, 0.1) is 11.8 Å². The number of unbranched alkanes of at least 4 members (excludes halogenated alkanes) is 2. The highest BCUT2D eigenvalue weighted by molar-refractivity contribution is 6.36. The highest BCUT2D eigenvalue weighted by Crippen LogP contribution is 2.69. The van der Waals surface area contributed by atoms with Crippen molar-refractivity contribution in [2.24, 2.45) is 11.8 Å². The molecule has 0 radical (unpaired) electrons. The van der Waals surface area contributed by atoms with Crippen LogP contribution >= 0.6 is 46.4 Å². The molecule has 6 nitrogen and oxygen atoms in total. The van der Waals surface area contributed by atoms with E-state index in [4.69, 9.17) is 51.1 Å². The highest BCUT2D eigenvalue weighted by Gasteiger charge is 2.72. The summed E-state index contributed by atoms with van der Waals surface area (Å²) in [6.45, 7) is 0.191. The second-order valence-corrected chi connectivity index (χ2v) is 13.4. The molecule has 0 saturated carbocycles. The van der Waals surface area contributed by atoms with Crippen LogP contribution in [0.4, 0.5) is 0 Å². The van der Waals surface area contributed by atoms with Gasteiger partial charge in [-0.05, 0) is 59.4 Å². The maximum Gasteiger partial charge on any atom is 0.306 e. The summed E-state index contributed by atoms with van der Waals surface area (Å²) in [4.78, 5) is 52.1. The quantitative estimate of drug-likeness (QED) is 0.0707. The Kier molecular flexibility index (Phi) is 8.57. The van der Waals surface area contributed by atoms with E-state index in [1.807, 2.05) is 48.5 Å². The number of nitrogens with zero attached hydrogens (tertiary/aromatic N) is 1. The molecule has 0 N–H and O–H groups in total. The lowest BCUT2D eigenvalue weighted by Crippen LogP contribution is -2.57. The van der Waals surface area contributed by atoms with Gasteiger partial charge in [-0.3, -0.25) is 24.1 Å². The van der Waals surface area contributed by atoms with Crippen LogP contribution in [0.3, 0.4) is 0 Å². The molecule has 3 aromatic rings. The molecular formula is C34H29Cl4NO5. The van der Waals surface area contributed by atoms with Crippen LogP contribution in [0.25, 0.3) is 0 Å². The van der Waals surface area contributed by atoms with Gasteiger partial charge in [-0.25, -0.2) is 0 Å². The van der Waals surface area contributed by atoms with Gasteiger partial charge in [-0.2, -0.15) is 0 Å². The number of Topliss-reactive ketones (excluding diaryl/α,β-unsaturated/α-hetero) is 1. The first kappa shape index (κ1) is 31.1. The number of halogens is 4. The smallest absolute Gasteiger partial charge is 0.306 e. The van der Waals surface area contributed by atoms with E-state index in [1.165, 1.54) is 4.90 Å². The van der Waals surface area contributed by atoms with Crippen LogP contribution < -0.4 is 0 Å². The molecular weight excluding hydrogens is 644 g/mol. The van der Waals surface area contributed by atoms with E-state index in [0.717, 1.165) is 22.3 Å². The molecule has 0 unspecified atom stereocenters. The highest BCUT2D eigenvalue weighted by atomic mass is 35.5. The second kappa shape index (κ2) is 12.1. The fourth-order valence-electron chi connectivity index (χ4n) is 7.02. The Labute approximate surface area is 275 Å². The van der Waals surface area contributed by atoms with Crippen LogP contribution in [0.2, 0.25) is 5.02 Å². The number of amides is 2. The monoisotopic (exact) mass is 671 g/mol. The number of esters is 1. The average Bonchev–Trinajstić information content (AvgIpc) is 3.29. The predicted molar refractivity (Wildman–Crippen MR) is 169 cm³/mol. The SMILES string of the molecule is O=C(CCCCCN1C(=O)[C@@H]2[C@H](C1=O)C1(Cl)c3ccccc3C2(Cl)c2ccccc21)O[C@H](CCCl)C(=O)c1ccc(Cl)cc1. The number of likely N-dealkylation sites (tertiary alicyclic amines) is 1.